The van der Waals surface area contributed by atoms with Gasteiger partial charge in [0.05, 0.1) is 0 Å². The van der Waals surface area contributed by atoms with Crippen molar-refractivity contribution in [2.45, 2.75) is 0 Å². The first-order chi connectivity index (χ1) is 8.08. The number of benzene rings is 1. The highest BCUT2D eigenvalue weighted by Crippen LogP contribution is 2.12. The fraction of sp³-hybridized carbons (Fsp3) is 0.167. The topological polar surface area (TPSA) is 62.6 Å². The van der Waals surface area contributed by atoms with Gasteiger partial charge in [-0.25, -0.2) is 9.80 Å². The predicted octanol–water partition coefficient (Wildman–Crippen LogP) is 0.999. The van der Waals surface area contributed by atoms with Crippen LogP contribution in [0.3, 0.4) is 0 Å². The first-order valence-corrected chi connectivity index (χ1v) is 5.09. The van der Waals surface area contributed by atoms with Crippen molar-refractivity contribution in [2.24, 2.45) is 0 Å². The molecule has 1 heterocycles. The molecule has 1 aromatic carbocycles. The smallest absolute Gasteiger partial charge is 0.349 e. The lowest BCUT2D eigenvalue weighted by Crippen LogP contribution is -2.38. The quantitative estimate of drug-likeness (QED) is 0.619. The zero-order valence-electron chi connectivity index (χ0n) is 9.56. The van der Waals surface area contributed by atoms with E-state index in [1.54, 1.807) is 32.3 Å². The molecule has 1 aromatic heterocycles. The van der Waals surface area contributed by atoms with E-state index in [9.17, 15) is 9.59 Å². The van der Waals surface area contributed by atoms with Crippen LogP contribution in [0, 0.1) is 0 Å². The van der Waals surface area contributed by atoms with Crippen molar-refractivity contribution >= 4 is 16.9 Å². The van der Waals surface area contributed by atoms with Gasteiger partial charge in [-0.3, -0.25) is 10.2 Å². The molecule has 0 atom stereocenters. The van der Waals surface area contributed by atoms with Crippen LogP contribution >= 0.6 is 0 Å². The maximum absolute atomic E-state index is 11.7. The number of hydrogen-bond donors (Lipinski definition) is 1. The molecule has 2 aromatic rings. The van der Waals surface area contributed by atoms with Gasteiger partial charge in [0.15, 0.2) is 0 Å². The molecular formula is C12H12N2O3. The highest BCUT2D eigenvalue weighted by Gasteiger charge is 2.13. The van der Waals surface area contributed by atoms with E-state index >= 15 is 0 Å². The lowest BCUT2D eigenvalue weighted by atomic mass is 10.2. The summed E-state index contributed by atoms with van der Waals surface area (Å²) in [5.74, 6) is -0.477. The van der Waals surface area contributed by atoms with E-state index in [0.29, 0.717) is 5.58 Å². The van der Waals surface area contributed by atoms with Gasteiger partial charge in [0.25, 0.3) is 5.91 Å². The van der Waals surface area contributed by atoms with Crippen molar-refractivity contribution < 1.29 is 9.21 Å². The summed E-state index contributed by atoms with van der Waals surface area (Å²) in [5.41, 5.74) is 2.33. The van der Waals surface area contributed by atoms with Crippen molar-refractivity contribution in [1.82, 2.24) is 10.4 Å². The number of carbonyl (C=O) groups excluding carboxylic acids is 1. The molecule has 1 N–H and O–H groups in total. The summed E-state index contributed by atoms with van der Waals surface area (Å²) >= 11 is 0. The second-order valence-corrected chi connectivity index (χ2v) is 3.82. The molecule has 0 saturated heterocycles. The van der Waals surface area contributed by atoms with Gasteiger partial charge in [0.2, 0.25) is 0 Å². The molecule has 0 aliphatic rings. The zero-order chi connectivity index (χ0) is 12.4. The Bertz CT molecular complexity index is 616. The molecule has 5 nitrogen and oxygen atoms in total. The van der Waals surface area contributed by atoms with E-state index in [4.69, 9.17) is 4.42 Å². The summed E-state index contributed by atoms with van der Waals surface area (Å²) in [5, 5.41) is 2.19. The highest BCUT2D eigenvalue weighted by atomic mass is 16.4. The number of amides is 1. The van der Waals surface area contributed by atoms with Gasteiger partial charge in [-0.1, -0.05) is 18.2 Å². The Hall–Kier alpha value is -2.14. The Morgan fingerprint density at radius 1 is 1.29 bits per heavy atom. The van der Waals surface area contributed by atoms with Crippen LogP contribution < -0.4 is 11.1 Å². The summed E-state index contributed by atoms with van der Waals surface area (Å²) in [4.78, 5) is 23.3. The standard InChI is InChI=1S/C12H12N2O3/c1-14(2)13-11(15)9-7-8-5-3-4-6-10(8)17-12(9)16/h3-7H,1-2H3,(H,13,15). The number of hydrogen-bond acceptors (Lipinski definition) is 4. The zero-order valence-corrected chi connectivity index (χ0v) is 9.56. The van der Waals surface area contributed by atoms with Crippen LogP contribution in [0.25, 0.3) is 11.0 Å². The molecule has 0 fully saturated rings. The van der Waals surface area contributed by atoms with E-state index in [-0.39, 0.29) is 5.56 Å². The fourth-order valence-corrected chi connectivity index (χ4v) is 1.48. The molecule has 2 rings (SSSR count). The van der Waals surface area contributed by atoms with Crippen molar-refractivity contribution in [2.75, 3.05) is 14.1 Å². The lowest BCUT2D eigenvalue weighted by molar-refractivity contribution is 0.0853. The van der Waals surface area contributed by atoms with Crippen molar-refractivity contribution in [1.29, 1.82) is 0 Å². The number of nitrogens with zero attached hydrogens (tertiary/aromatic N) is 1. The number of hydrazine groups is 1. The third-order valence-corrected chi connectivity index (χ3v) is 2.21. The molecule has 0 saturated carbocycles. The second kappa shape index (κ2) is 4.39. The minimum Gasteiger partial charge on any atom is -0.422 e. The molecular weight excluding hydrogens is 220 g/mol. The highest BCUT2D eigenvalue weighted by molar-refractivity contribution is 5.96. The van der Waals surface area contributed by atoms with E-state index in [2.05, 4.69) is 5.43 Å². The Morgan fingerprint density at radius 3 is 2.71 bits per heavy atom. The van der Waals surface area contributed by atoms with Gasteiger partial charge in [-0.05, 0) is 12.1 Å². The van der Waals surface area contributed by atoms with Gasteiger partial charge >= 0.3 is 5.63 Å². The number of fused-ring (bicyclic) bond motifs is 1. The molecule has 1 amide bonds. The Kier molecular flexibility index (Phi) is 2.93. The number of carbonyl (C=O) groups is 1. The van der Waals surface area contributed by atoms with Gasteiger partial charge in [0, 0.05) is 19.5 Å². The average Bonchev–Trinajstić information content (AvgIpc) is 2.27. The van der Waals surface area contributed by atoms with E-state index in [1.807, 2.05) is 6.07 Å². The molecule has 0 unspecified atom stereocenters. The van der Waals surface area contributed by atoms with Crippen LogP contribution in [-0.2, 0) is 0 Å². The summed E-state index contributed by atoms with van der Waals surface area (Å²) in [7, 11) is 3.33. The molecule has 88 valence electrons. The monoisotopic (exact) mass is 232 g/mol. The molecule has 0 bridgehead atoms. The van der Waals surface area contributed by atoms with Crippen molar-refractivity contribution in [3.8, 4) is 0 Å². The fourth-order valence-electron chi connectivity index (χ4n) is 1.48. The molecule has 0 aliphatic heterocycles. The van der Waals surface area contributed by atoms with Gasteiger partial charge in [-0.2, -0.15) is 0 Å². The van der Waals surface area contributed by atoms with Gasteiger partial charge in [0.1, 0.15) is 11.1 Å². The second-order valence-electron chi connectivity index (χ2n) is 3.82. The third-order valence-electron chi connectivity index (χ3n) is 2.21. The summed E-state index contributed by atoms with van der Waals surface area (Å²) in [6, 6.07) is 8.58. The van der Waals surface area contributed by atoms with Crippen LogP contribution in [0.5, 0.6) is 0 Å². The summed E-state index contributed by atoms with van der Waals surface area (Å²) in [6.07, 6.45) is 0. The minimum absolute atomic E-state index is 0.00241. The Labute approximate surface area is 97.6 Å². The van der Waals surface area contributed by atoms with Crippen LogP contribution in [0.2, 0.25) is 0 Å². The molecule has 0 aliphatic carbocycles. The predicted molar refractivity (Wildman–Crippen MR) is 63.6 cm³/mol. The van der Waals surface area contributed by atoms with Crippen molar-refractivity contribution in [3.05, 3.63) is 46.3 Å². The lowest BCUT2D eigenvalue weighted by Gasteiger charge is -2.10. The van der Waals surface area contributed by atoms with Crippen LogP contribution in [0.1, 0.15) is 10.4 Å². The Morgan fingerprint density at radius 2 is 2.00 bits per heavy atom. The average molecular weight is 232 g/mol. The normalized spacial score (nSPS) is 10.8. The number of nitrogens with one attached hydrogen (secondary N) is 1. The van der Waals surface area contributed by atoms with E-state index < -0.39 is 11.5 Å². The molecule has 17 heavy (non-hydrogen) atoms. The first kappa shape index (κ1) is 11.3. The minimum atomic E-state index is -0.636. The van der Waals surface area contributed by atoms with Crippen LogP contribution in [-0.4, -0.2) is 25.0 Å². The summed E-state index contributed by atoms with van der Waals surface area (Å²) < 4.78 is 5.06. The van der Waals surface area contributed by atoms with E-state index in [0.717, 1.165) is 5.39 Å². The maximum atomic E-state index is 11.7. The van der Waals surface area contributed by atoms with E-state index in [1.165, 1.54) is 11.1 Å². The maximum Gasteiger partial charge on any atom is 0.349 e. The third kappa shape index (κ3) is 2.34. The largest absolute Gasteiger partial charge is 0.422 e. The Balaban J connectivity index is 2.51. The molecule has 5 heteroatoms. The van der Waals surface area contributed by atoms with Gasteiger partial charge < -0.3 is 4.42 Å². The van der Waals surface area contributed by atoms with Crippen LogP contribution in [0.15, 0.2) is 39.5 Å². The van der Waals surface area contributed by atoms with Gasteiger partial charge in [-0.15, -0.1) is 0 Å². The van der Waals surface area contributed by atoms with Crippen molar-refractivity contribution in [3.63, 3.8) is 0 Å². The molecule has 0 radical (unpaired) electrons. The summed E-state index contributed by atoms with van der Waals surface area (Å²) in [6.45, 7) is 0. The molecule has 0 spiro atoms. The van der Waals surface area contributed by atoms with Crippen LogP contribution in [0.4, 0.5) is 0 Å². The number of rotatable bonds is 2. The number of para-hydroxylation sites is 1. The SMILES string of the molecule is CN(C)NC(=O)c1cc2ccccc2oc1=O. The first-order valence-electron chi connectivity index (χ1n) is 5.09.